The SMILES string of the molecule is Cc1ccc(N(C)S(=O)(=O)c2c[nH]c(-c3nnc(C(=O)N4CCCC4)o3)c2)cc1. The second kappa shape index (κ2) is 7.36. The van der Waals surface area contributed by atoms with Crippen LogP contribution in [0.25, 0.3) is 11.6 Å². The Hall–Kier alpha value is -3.14. The zero-order valence-electron chi connectivity index (χ0n) is 16.1. The summed E-state index contributed by atoms with van der Waals surface area (Å²) in [6.45, 7) is 3.28. The first-order chi connectivity index (χ1) is 13.9. The number of aromatic amines is 1. The Balaban J connectivity index is 1.56. The monoisotopic (exact) mass is 415 g/mol. The molecule has 0 saturated carbocycles. The van der Waals surface area contributed by atoms with Crippen LogP contribution in [0, 0.1) is 6.92 Å². The smallest absolute Gasteiger partial charge is 0.311 e. The lowest BCUT2D eigenvalue weighted by molar-refractivity contribution is 0.0754. The molecule has 9 nitrogen and oxygen atoms in total. The largest absolute Gasteiger partial charge is 0.411 e. The molecule has 0 aliphatic carbocycles. The van der Waals surface area contributed by atoms with E-state index in [1.165, 1.54) is 23.6 Å². The Kier molecular flexibility index (Phi) is 4.87. The van der Waals surface area contributed by atoms with E-state index in [0.717, 1.165) is 18.4 Å². The maximum atomic E-state index is 12.9. The molecule has 0 radical (unpaired) electrons. The van der Waals surface area contributed by atoms with E-state index in [-0.39, 0.29) is 22.6 Å². The molecular weight excluding hydrogens is 394 g/mol. The summed E-state index contributed by atoms with van der Waals surface area (Å²) in [5.74, 6) is -0.343. The van der Waals surface area contributed by atoms with Crippen LogP contribution in [-0.2, 0) is 10.0 Å². The van der Waals surface area contributed by atoms with Gasteiger partial charge in [0, 0.05) is 26.3 Å². The number of carbonyl (C=O) groups excluding carboxylic acids is 1. The first-order valence-corrected chi connectivity index (χ1v) is 10.7. The van der Waals surface area contributed by atoms with Gasteiger partial charge in [-0.15, -0.1) is 10.2 Å². The van der Waals surface area contributed by atoms with Crippen molar-refractivity contribution in [2.75, 3.05) is 24.4 Å². The summed E-state index contributed by atoms with van der Waals surface area (Å²) in [6.07, 6.45) is 3.28. The molecule has 152 valence electrons. The van der Waals surface area contributed by atoms with Gasteiger partial charge in [0.05, 0.1) is 5.69 Å². The Morgan fingerprint density at radius 1 is 1.17 bits per heavy atom. The third kappa shape index (κ3) is 3.63. The summed E-state index contributed by atoms with van der Waals surface area (Å²) in [7, 11) is -2.29. The molecule has 1 N–H and O–H groups in total. The van der Waals surface area contributed by atoms with E-state index in [1.807, 2.05) is 19.1 Å². The number of aromatic nitrogens is 3. The summed E-state index contributed by atoms with van der Waals surface area (Å²) in [4.78, 5) is 16.9. The molecule has 29 heavy (non-hydrogen) atoms. The van der Waals surface area contributed by atoms with E-state index in [9.17, 15) is 13.2 Å². The lowest BCUT2D eigenvalue weighted by Crippen LogP contribution is -2.27. The number of hydrogen-bond donors (Lipinski definition) is 1. The van der Waals surface area contributed by atoms with Crippen LogP contribution in [0.1, 0.15) is 29.1 Å². The molecule has 1 amide bonds. The summed E-state index contributed by atoms with van der Waals surface area (Å²) >= 11 is 0. The van der Waals surface area contributed by atoms with Gasteiger partial charge in [-0.25, -0.2) is 8.42 Å². The number of hydrogen-bond acceptors (Lipinski definition) is 6. The lowest BCUT2D eigenvalue weighted by atomic mass is 10.2. The van der Waals surface area contributed by atoms with Gasteiger partial charge in [0.1, 0.15) is 10.6 Å². The minimum Gasteiger partial charge on any atom is -0.411 e. The highest BCUT2D eigenvalue weighted by atomic mass is 32.2. The number of anilines is 1. The molecule has 1 fully saturated rings. The van der Waals surface area contributed by atoms with Crippen molar-refractivity contribution in [2.45, 2.75) is 24.7 Å². The minimum atomic E-state index is -3.78. The van der Waals surface area contributed by atoms with E-state index < -0.39 is 10.0 Å². The maximum Gasteiger partial charge on any atom is 0.311 e. The normalized spacial score (nSPS) is 14.3. The summed E-state index contributed by atoms with van der Waals surface area (Å²) in [5, 5.41) is 7.69. The molecule has 10 heteroatoms. The third-order valence-corrected chi connectivity index (χ3v) is 6.71. The van der Waals surface area contributed by atoms with Crippen LogP contribution in [0.3, 0.4) is 0 Å². The van der Waals surface area contributed by atoms with Crippen LogP contribution in [0.4, 0.5) is 5.69 Å². The molecule has 0 atom stereocenters. The van der Waals surface area contributed by atoms with Crippen LogP contribution in [0.5, 0.6) is 0 Å². The van der Waals surface area contributed by atoms with Crippen LogP contribution in [0.2, 0.25) is 0 Å². The van der Waals surface area contributed by atoms with Crippen molar-refractivity contribution in [1.82, 2.24) is 20.1 Å². The highest BCUT2D eigenvalue weighted by molar-refractivity contribution is 7.92. The standard InChI is InChI=1S/C19H21N5O4S/c1-13-5-7-14(8-6-13)23(2)29(26,27)15-11-16(20-12-15)17-21-22-18(28-17)19(25)24-9-3-4-10-24/h5-8,11-12,20H,3-4,9-10H2,1-2H3. The van der Waals surface area contributed by atoms with Crippen molar-refractivity contribution < 1.29 is 17.6 Å². The topological polar surface area (TPSA) is 112 Å². The molecule has 0 spiro atoms. The summed E-state index contributed by atoms with van der Waals surface area (Å²) in [6, 6.07) is 8.60. The van der Waals surface area contributed by atoms with E-state index in [4.69, 9.17) is 4.42 Å². The van der Waals surface area contributed by atoms with Gasteiger partial charge >= 0.3 is 11.8 Å². The number of benzene rings is 1. The van der Waals surface area contributed by atoms with E-state index in [0.29, 0.717) is 24.5 Å². The summed E-state index contributed by atoms with van der Waals surface area (Å²) in [5.41, 5.74) is 1.92. The number of amides is 1. The molecule has 1 saturated heterocycles. The van der Waals surface area contributed by atoms with Crippen LogP contribution >= 0.6 is 0 Å². The first-order valence-electron chi connectivity index (χ1n) is 9.23. The van der Waals surface area contributed by atoms with Crippen molar-refractivity contribution in [3.8, 4) is 11.6 Å². The quantitative estimate of drug-likeness (QED) is 0.685. The molecule has 0 bridgehead atoms. The van der Waals surface area contributed by atoms with Gasteiger partial charge in [0.2, 0.25) is 0 Å². The van der Waals surface area contributed by atoms with Crippen molar-refractivity contribution in [3.63, 3.8) is 0 Å². The number of nitrogens with zero attached hydrogens (tertiary/aromatic N) is 4. The predicted octanol–water partition coefficient (Wildman–Crippen LogP) is 2.43. The highest BCUT2D eigenvalue weighted by Gasteiger charge is 2.27. The molecule has 1 aromatic carbocycles. The van der Waals surface area contributed by atoms with Gasteiger partial charge in [0.25, 0.3) is 15.9 Å². The molecular formula is C19H21N5O4S. The fourth-order valence-electron chi connectivity index (χ4n) is 3.17. The van der Waals surface area contributed by atoms with Gasteiger partial charge in [-0.2, -0.15) is 0 Å². The number of likely N-dealkylation sites (tertiary alicyclic amines) is 1. The average molecular weight is 415 g/mol. The molecule has 2 aromatic heterocycles. The van der Waals surface area contributed by atoms with Gasteiger partial charge in [0.15, 0.2) is 0 Å². The van der Waals surface area contributed by atoms with Crippen molar-refractivity contribution in [3.05, 3.63) is 48.0 Å². The van der Waals surface area contributed by atoms with Gasteiger partial charge in [-0.1, -0.05) is 17.7 Å². The Morgan fingerprint density at radius 3 is 2.55 bits per heavy atom. The van der Waals surface area contributed by atoms with E-state index >= 15 is 0 Å². The van der Waals surface area contributed by atoms with E-state index in [2.05, 4.69) is 15.2 Å². The molecule has 4 rings (SSSR count). The number of rotatable bonds is 5. The maximum absolute atomic E-state index is 12.9. The number of H-pyrrole nitrogens is 1. The number of nitrogens with one attached hydrogen (secondary N) is 1. The number of sulfonamides is 1. The van der Waals surface area contributed by atoms with Crippen molar-refractivity contribution in [2.24, 2.45) is 0 Å². The molecule has 3 aromatic rings. The van der Waals surface area contributed by atoms with Crippen LogP contribution in [-0.4, -0.2) is 54.5 Å². The zero-order valence-corrected chi connectivity index (χ0v) is 16.9. The Labute approximate surface area is 168 Å². The minimum absolute atomic E-state index is 0.0567. The highest BCUT2D eigenvalue weighted by Crippen LogP contribution is 2.26. The van der Waals surface area contributed by atoms with Crippen LogP contribution < -0.4 is 4.31 Å². The lowest BCUT2D eigenvalue weighted by Gasteiger charge is -2.18. The van der Waals surface area contributed by atoms with Gasteiger partial charge in [-0.3, -0.25) is 9.10 Å². The molecule has 3 heterocycles. The predicted molar refractivity (Wildman–Crippen MR) is 106 cm³/mol. The first kappa shape index (κ1) is 19.2. The Morgan fingerprint density at radius 2 is 1.86 bits per heavy atom. The van der Waals surface area contributed by atoms with Gasteiger partial charge in [-0.05, 0) is 38.0 Å². The third-order valence-electron chi connectivity index (χ3n) is 4.94. The van der Waals surface area contributed by atoms with Crippen LogP contribution in [0.15, 0.2) is 45.8 Å². The van der Waals surface area contributed by atoms with Gasteiger partial charge < -0.3 is 14.3 Å². The van der Waals surface area contributed by atoms with Crippen molar-refractivity contribution in [1.29, 1.82) is 0 Å². The van der Waals surface area contributed by atoms with Crippen molar-refractivity contribution >= 4 is 21.6 Å². The molecule has 1 aliphatic rings. The second-order valence-electron chi connectivity index (χ2n) is 6.97. The molecule has 1 aliphatic heterocycles. The molecule has 0 unspecified atom stereocenters. The average Bonchev–Trinajstić information content (AvgIpc) is 3.48. The number of aryl methyl sites for hydroxylation is 1. The fraction of sp³-hybridized carbons (Fsp3) is 0.316. The second-order valence-corrected chi connectivity index (χ2v) is 8.94. The summed E-state index contributed by atoms with van der Waals surface area (Å²) < 4.78 is 32.5. The number of carbonyl (C=O) groups is 1. The van der Waals surface area contributed by atoms with E-state index in [1.54, 1.807) is 17.0 Å². The Bertz CT molecular complexity index is 1130. The zero-order chi connectivity index (χ0) is 20.6. The fourth-order valence-corrected chi connectivity index (χ4v) is 4.36.